The van der Waals surface area contributed by atoms with Gasteiger partial charge in [-0.05, 0) is 32.0 Å². The zero-order valence-corrected chi connectivity index (χ0v) is 12.4. The molecule has 0 aliphatic carbocycles. The quantitative estimate of drug-likeness (QED) is 0.688. The molecule has 0 atom stereocenters. The number of hydrazone groups is 1. The highest BCUT2D eigenvalue weighted by Crippen LogP contribution is 2.32. The Hall–Kier alpha value is -2.83. The van der Waals surface area contributed by atoms with E-state index in [2.05, 4.69) is 15.6 Å². The van der Waals surface area contributed by atoms with Gasteiger partial charge in [0.05, 0.1) is 11.9 Å². The molecule has 0 saturated carbocycles. The fraction of sp³-hybridized carbons (Fsp3) is 0.267. The monoisotopic (exact) mass is 300 g/mol. The fourth-order valence-corrected chi connectivity index (χ4v) is 2.08. The molecule has 0 spiro atoms. The molecule has 3 rings (SSSR count). The van der Waals surface area contributed by atoms with Crippen LogP contribution in [-0.2, 0) is 6.54 Å². The van der Waals surface area contributed by atoms with Crippen molar-refractivity contribution in [1.29, 1.82) is 0 Å². The van der Waals surface area contributed by atoms with Crippen molar-refractivity contribution >= 4 is 12.1 Å². The van der Waals surface area contributed by atoms with Crippen molar-refractivity contribution in [3.05, 3.63) is 41.2 Å². The lowest BCUT2D eigenvalue weighted by molar-refractivity contribution is 0.0954. The van der Waals surface area contributed by atoms with Gasteiger partial charge < -0.3 is 9.47 Å². The van der Waals surface area contributed by atoms with Crippen molar-refractivity contribution in [3.8, 4) is 11.5 Å². The average Bonchev–Trinajstić information content (AvgIpc) is 3.13. The van der Waals surface area contributed by atoms with Crippen LogP contribution in [0.3, 0.4) is 0 Å². The van der Waals surface area contributed by atoms with E-state index in [4.69, 9.17) is 9.47 Å². The van der Waals surface area contributed by atoms with Crippen molar-refractivity contribution in [2.45, 2.75) is 20.4 Å². The van der Waals surface area contributed by atoms with Crippen molar-refractivity contribution in [2.75, 3.05) is 6.79 Å². The third-order valence-corrected chi connectivity index (χ3v) is 3.31. The largest absolute Gasteiger partial charge is 0.454 e. The van der Waals surface area contributed by atoms with Crippen LogP contribution in [0.1, 0.15) is 28.5 Å². The molecule has 1 N–H and O–H groups in total. The maximum Gasteiger partial charge on any atom is 0.271 e. The molecule has 1 aromatic carbocycles. The van der Waals surface area contributed by atoms with E-state index in [1.54, 1.807) is 24.4 Å². The van der Waals surface area contributed by atoms with Crippen LogP contribution in [0.5, 0.6) is 11.5 Å². The summed E-state index contributed by atoms with van der Waals surface area (Å²) in [4.78, 5) is 12.0. The minimum absolute atomic E-state index is 0.180. The number of ether oxygens (including phenoxy) is 2. The van der Waals surface area contributed by atoms with E-state index >= 15 is 0 Å². The van der Waals surface area contributed by atoms with Crippen molar-refractivity contribution in [2.24, 2.45) is 5.10 Å². The Balaban J connectivity index is 1.66. The second kappa shape index (κ2) is 5.88. The first-order chi connectivity index (χ1) is 10.7. The zero-order chi connectivity index (χ0) is 15.5. The number of aryl methyl sites for hydroxylation is 2. The Morgan fingerprint density at radius 1 is 1.45 bits per heavy atom. The first kappa shape index (κ1) is 14.1. The summed E-state index contributed by atoms with van der Waals surface area (Å²) in [5, 5.41) is 8.28. The van der Waals surface area contributed by atoms with Crippen LogP contribution < -0.4 is 14.9 Å². The van der Waals surface area contributed by atoms with Crippen molar-refractivity contribution < 1.29 is 14.3 Å². The number of fused-ring (bicyclic) bond motifs is 1. The molecular formula is C15H16N4O3. The third-order valence-electron chi connectivity index (χ3n) is 3.31. The van der Waals surface area contributed by atoms with Gasteiger partial charge in [0.25, 0.3) is 5.91 Å². The molecule has 2 heterocycles. The van der Waals surface area contributed by atoms with E-state index in [1.165, 1.54) is 0 Å². The fourth-order valence-electron chi connectivity index (χ4n) is 2.08. The number of nitrogens with one attached hydrogen (secondary N) is 1. The third kappa shape index (κ3) is 2.78. The summed E-state index contributed by atoms with van der Waals surface area (Å²) in [6.45, 7) is 4.87. The summed E-state index contributed by atoms with van der Waals surface area (Å²) in [6, 6.07) is 5.00. The smallest absolute Gasteiger partial charge is 0.271 e. The van der Waals surface area contributed by atoms with Gasteiger partial charge in [0.15, 0.2) is 11.5 Å². The molecule has 0 fully saturated rings. The van der Waals surface area contributed by atoms with Gasteiger partial charge in [-0.1, -0.05) is 0 Å². The minimum atomic E-state index is -0.310. The number of rotatable bonds is 4. The van der Waals surface area contributed by atoms with E-state index in [0.29, 0.717) is 17.1 Å². The van der Waals surface area contributed by atoms with Gasteiger partial charge in [-0.25, -0.2) is 5.43 Å². The van der Waals surface area contributed by atoms with Crippen LogP contribution in [0, 0.1) is 6.92 Å². The van der Waals surface area contributed by atoms with Crippen LogP contribution in [0.25, 0.3) is 0 Å². The van der Waals surface area contributed by atoms with E-state index < -0.39 is 0 Å². The van der Waals surface area contributed by atoms with Crippen LogP contribution >= 0.6 is 0 Å². The van der Waals surface area contributed by atoms with Gasteiger partial charge in [-0.15, -0.1) is 0 Å². The van der Waals surface area contributed by atoms with E-state index in [9.17, 15) is 4.79 Å². The van der Waals surface area contributed by atoms with Crippen LogP contribution in [0.4, 0.5) is 0 Å². The van der Waals surface area contributed by atoms with Crippen molar-refractivity contribution in [3.63, 3.8) is 0 Å². The number of nitrogens with zero attached hydrogens (tertiary/aromatic N) is 3. The first-order valence-corrected chi connectivity index (χ1v) is 6.94. The molecule has 1 amide bonds. The zero-order valence-electron chi connectivity index (χ0n) is 12.4. The first-order valence-electron chi connectivity index (χ1n) is 6.94. The number of hydrogen-bond acceptors (Lipinski definition) is 5. The van der Waals surface area contributed by atoms with Crippen molar-refractivity contribution in [1.82, 2.24) is 15.2 Å². The maximum absolute atomic E-state index is 12.0. The summed E-state index contributed by atoms with van der Waals surface area (Å²) >= 11 is 0. The van der Waals surface area contributed by atoms with Gasteiger partial charge in [0, 0.05) is 23.9 Å². The lowest BCUT2D eigenvalue weighted by Gasteiger charge is -2.01. The highest BCUT2D eigenvalue weighted by atomic mass is 16.7. The molecule has 7 heteroatoms. The molecule has 22 heavy (non-hydrogen) atoms. The lowest BCUT2D eigenvalue weighted by atomic mass is 10.2. The molecule has 0 saturated heterocycles. The molecule has 0 radical (unpaired) electrons. The number of aromatic nitrogens is 2. The molecule has 0 unspecified atom stereocenters. The summed E-state index contributed by atoms with van der Waals surface area (Å²) in [6.07, 6.45) is 3.46. The SMILES string of the molecule is CCn1cc(/C=N\NC(=O)c2ccc3c(c2)OCO3)c(C)n1. The molecule has 1 aromatic heterocycles. The molecule has 114 valence electrons. The summed E-state index contributed by atoms with van der Waals surface area (Å²) in [5.74, 6) is 0.898. The van der Waals surface area contributed by atoms with Gasteiger partial charge in [-0.2, -0.15) is 10.2 Å². The number of carbonyl (C=O) groups excluding carboxylic acids is 1. The number of benzene rings is 1. The van der Waals surface area contributed by atoms with E-state index in [1.807, 2.05) is 24.7 Å². The second-order valence-corrected chi connectivity index (χ2v) is 4.79. The Kier molecular flexibility index (Phi) is 3.78. The minimum Gasteiger partial charge on any atom is -0.454 e. The molecule has 7 nitrogen and oxygen atoms in total. The predicted molar refractivity (Wildman–Crippen MR) is 80.3 cm³/mol. The molecule has 2 aromatic rings. The highest BCUT2D eigenvalue weighted by molar-refractivity contribution is 5.95. The molecule has 1 aliphatic rings. The standard InChI is InChI=1S/C15H16N4O3/c1-3-19-8-12(10(2)18-19)7-16-17-15(20)11-4-5-13-14(6-11)22-9-21-13/h4-8H,3,9H2,1-2H3,(H,17,20)/b16-7-. The van der Waals surface area contributed by atoms with E-state index in [0.717, 1.165) is 17.8 Å². The Labute approximate surface area is 127 Å². The van der Waals surface area contributed by atoms with Crippen LogP contribution in [0.2, 0.25) is 0 Å². The number of hydrogen-bond donors (Lipinski definition) is 1. The van der Waals surface area contributed by atoms with Gasteiger partial charge in [0.1, 0.15) is 0 Å². The second-order valence-electron chi connectivity index (χ2n) is 4.79. The van der Waals surface area contributed by atoms with Gasteiger partial charge >= 0.3 is 0 Å². The summed E-state index contributed by atoms with van der Waals surface area (Å²) in [5.41, 5.74) is 4.68. The molecule has 1 aliphatic heterocycles. The number of carbonyl (C=O) groups is 1. The van der Waals surface area contributed by atoms with Crippen LogP contribution in [0.15, 0.2) is 29.5 Å². The van der Waals surface area contributed by atoms with E-state index in [-0.39, 0.29) is 12.7 Å². The lowest BCUT2D eigenvalue weighted by Crippen LogP contribution is -2.17. The summed E-state index contributed by atoms with van der Waals surface area (Å²) < 4.78 is 12.3. The van der Waals surface area contributed by atoms with Gasteiger partial charge in [-0.3, -0.25) is 9.48 Å². The average molecular weight is 300 g/mol. The maximum atomic E-state index is 12.0. The Bertz CT molecular complexity index is 736. The topological polar surface area (TPSA) is 77.7 Å². The molecular weight excluding hydrogens is 284 g/mol. The molecule has 0 bridgehead atoms. The summed E-state index contributed by atoms with van der Waals surface area (Å²) in [7, 11) is 0. The predicted octanol–water partition coefficient (Wildman–Crippen LogP) is 1.70. The Morgan fingerprint density at radius 3 is 3.05 bits per heavy atom. The normalized spacial score (nSPS) is 12.8. The van der Waals surface area contributed by atoms with Crippen LogP contribution in [-0.4, -0.2) is 28.7 Å². The number of amides is 1. The Morgan fingerprint density at radius 2 is 2.27 bits per heavy atom. The van der Waals surface area contributed by atoms with Gasteiger partial charge in [0.2, 0.25) is 6.79 Å². The highest BCUT2D eigenvalue weighted by Gasteiger charge is 2.15.